The molecule has 0 aliphatic rings. The van der Waals surface area contributed by atoms with Crippen molar-refractivity contribution in [2.24, 2.45) is 5.84 Å². The fraction of sp³-hybridized carbons (Fsp3) is 0.0909. The molecular weight excluding hydrogens is 221 g/mol. The van der Waals surface area contributed by atoms with Crippen molar-refractivity contribution in [2.45, 2.75) is 6.92 Å². The molecule has 0 fully saturated rings. The van der Waals surface area contributed by atoms with Gasteiger partial charge in [0.05, 0.1) is 11.4 Å². The Morgan fingerprint density at radius 3 is 2.59 bits per heavy atom. The lowest BCUT2D eigenvalue weighted by Gasteiger charge is -2.06. The second kappa shape index (κ2) is 4.23. The first kappa shape index (κ1) is 11.1. The maximum absolute atomic E-state index is 12.8. The number of halogens is 1. The molecule has 86 valence electrons. The number of nitrogens with one attached hydrogen (secondary N) is 1. The summed E-state index contributed by atoms with van der Waals surface area (Å²) in [5.41, 5.74) is 3.99. The standard InChI is InChI=1S/C11H10FN5/c1-7-10(6-13)11(15-14)17(16-7)9-4-2-8(12)3-5-9/h2-5,15H,14H2,1H3. The Morgan fingerprint density at radius 1 is 1.41 bits per heavy atom. The predicted molar refractivity (Wildman–Crippen MR) is 60.8 cm³/mol. The van der Waals surface area contributed by atoms with Gasteiger partial charge in [-0.3, -0.25) is 0 Å². The van der Waals surface area contributed by atoms with E-state index < -0.39 is 0 Å². The van der Waals surface area contributed by atoms with Gasteiger partial charge in [-0.05, 0) is 31.2 Å². The van der Waals surface area contributed by atoms with Gasteiger partial charge in [-0.25, -0.2) is 14.9 Å². The van der Waals surface area contributed by atoms with Crippen LogP contribution in [0.25, 0.3) is 5.69 Å². The molecule has 0 spiro atoms. The van der Waals surface area contributed by atoms with E-state index in [-0.39, 0.29) is 5.82 Å². The minimum atomic E-state index is -0.333. The Hall–Kier alpha value is -2.39. The zero-order valence-electron chi connectivity index (χ0n) is 9.11. The van der Waals surface area contributed by atoms with E-state index >= 15 is 0 Å². The smallest absolute Gasteiger partial charge is 0.162 e. The number of nitrogens with two attached hydrogens (primary N) is 1. The molecule has 1 aromatic heterocycles. The Bertz CT molecular complexity index is 579. The largest absolute Gasteiger partial charge is 0.307 e. The maximum atomic E-state index is 12.8. The number of aryl methyl sites for hydroxylation is 1. The van der Waals surface area contributed by atoms with E-state index in [0.717, 1.165) is 0 Å². The summed E-state index contributed by atoms with van der Waals surface area (Å²) in [6, 6.07) is 7.77. The van der Waals surface area contributed by atoms with Gasteiger partial charge in [0.1, 0.15) is 17.4 Å². The van der Waals surface area contributed by atoms with Gasteiger partial charge >= 0.3 is 0 Å². The molecule has 0 aliphatic carbocycles. The molecule has 0 aliphatic heterocycles. The van der Waals surface area contributed by atoms with E-state index in [4.69, 9.17) is 11.1 Å². The highest BCUT2D eigenvalue weighted by molar-refractivity contribution is 5.58. The van der Waals surface area contributed by atoms with E-state index in [9.17, 15) is 4.39 Å². The molecule has 5 nitrogen and oxygen atoms in total. The molecule has 6 heteroatoms. The third-order valence-electron chi connectivity index (χ3n) is 2.38. The highest BCUT2D eigenvalue weighted by atomic mass is 19.1. The quantitative estimate of drug-likeness (QED) is 0.606. The fourth-order valence-electron chi connectivity index (χ4n) is 1.56. The third-order valence-corrected chi connectivity index (χ3v) is 2.38. The van der Waals surface area contributed by atoms with Gasteiger partial charge in [0.25, 0.3) is 0 Å². The minimum Gasteiger partial charge on any atom is -0.307 e. The lowest BCUT2D eigenvalue weighted by molar-refractivity contribution is 0.627. The maximum Gasteiger partial charge on any atom is 0.162 e. The number of anilines is 1. The average molecular weight is 231 g/mol. The van der Waals surface area contributed by atoms with Crippen LogP contribution in [0.1, 0.15) is 11.3 Å². The van der Waals surface area contributed by atoms with E-state index in [1.165, 1.54) is 16.8 Å². The molecule has 0 saturated heterocycles. The third kappa shape index (κ3) is 1.84. The van der Waals surface area contributed by atoms with Gasteiger partial charge in [-0.1, -0.05) is 0 Å². The number of benzene rings is 1. The van der Waals surface area contributed by atoms with Crippen LogP contribution in [0.2, 0.25) is 0 Å². The normalized spacial score (nSPS) is 10.0. The van der Waals surface area contributed by atoms with Crippen molar-refractivity contribution in [1.82, 2.24) is 9.78 Å². The lowest BCUT2D eigenvalue weighted by atomic mass is 10.2. The van der Waals surface area contributed by atoms with Crippen LogP contribution in [0, 0.1) is 24.1 Å². The average Bonchev–Trinajstić information content (AvgIpc) is 2.66. The summed E-state index contributed by atoms with van der Waals surface area (Å²) >= 11 is 0. The van der Waals surface area contributed by atoms with Gasteiger partial charge in [0.2, 0.25) is 0 Å². The van der Waals surface area contributed by atoms with Gasteiger partial charge in [-0.2, -0.15) is 10.4 Å². The number of nitrogens with zero attached hydrogens (tertiary/aromatic N) is 3. The summed E-state index contributed by atoms with van der Waals surface area (Å²) in [7, 11) is 0. The molecule has 0 bridgehead atoms. The van der Waals surface area contributed by atoms with Crippen LogP contribution in [0.15, 0.2) is 24.3 Å². The molecule has 1 heterocycles. The van der Waals surface area contributed by atoms with Crippen molar-refractivity contribution < 1.29 is 4.39 Å². The first-order valence-electron chi connectivity index (χ1n) is 4.89. The molecule has 0 atom stereocenters. The van der Waals surface area contributed by atoms with Gasteiger partial charge < -0.3 is 5.43 Å². The molecular formula is C11H10FN5. The summed E-state index contributed by atoms with van der Waals surface area (Å²) in [4.78, 5) is 0. The van der Waals surface area contributed by atoms with E-state index in [2.05, 4.69) is 10.5 Å². The van der Waals surface area contributed by atoms with Crippen molar-refractivity contribution in [1.29, 1.82) is 5.26 Å². The molecule has 1 aromatic carbocycles. The predicted octanol–water partition coefficient (Wildman–Crippen LogP) is 1.48. The summed E-state index contributed by atoms with van der Waals surface area (Å²) < 4.78 is 14.3. The molecule has 0 radical (unpaired) electrons. The highest BCUT2D eigenvalue weighted by Crippen LogP contribution is 2.21. The van der Waals surface area contributed by atoms with Crippen molar-refractivity contribution >= 4 is 5.82 Å². The van der Waals surface area contributed by atoms with Crippen molar-refractivity contribution in [3.05, 3.63) is 41.3 Å². The van der Waals surface area contributed by atoms with Gasteiger partial charge in [0, 0.05) is 0 Å². The van der Waals surface area contributed by atoms with Crippen LogP contribution in [0.3, 0.4) is 0 Å². The van der Waals surface area contributed by atoms with Crippen molar-refractivity contribution in [3.63, 3.8) is 0 Å². The Labute approximate surface area is 97.2 Å². The zero-order valence-corrected chi connectivity index (χ0v) is 9.11. The number of hydrogen-bond acceptors (Lipinski definition) is 4. The second-order valence-electron chi connectivity index (χ2n) is 3.45. The van der Waals surface area contributed by atoms with E-state index in [0.29, 0.717) is 22.8 Å². The van der Waals surface area contributed by atoms with Gasteiger partial charge in [-0.15, -0.1) is 0 Å². The van der Waals surface area contributed by atoms with Gasteiger partial charge in [0.15, 0.2) is 5.82 Å². The van der Waals surface area contributed by atoms with Crippen LogP contribution in [0.4, 0.5) is 10.2 Å². The number of nitrogen functional groups attached to an aromatic ring is 1. The van der Waals surface area contributed by atoms with E-state index in [1.807, 2.05) is 6.07 Å². The first-order chi connectivity index (χ1) is 8.17. The van der Waals surface area contributed by atoms with Crippen LogP contribution < -0.4 is 11.3 Å². The lowest BCUT2D eigenvalue weighted by Crippen LogP contribution is -2.13. The van der Waals surface area contributed by atoms with Crippen LogP contribution in [-0.2, 0) is 0 Å². The van der Waals surface area contributed by atoms with Crippen LogP contribution >= 0.6 is 0 Å². The highest BCUT2D eigenvalue weighted by Gasteiger charge is 2.14. The summed E-state index contributed by atoms with van der Waals surface area (Å²) in [6.45, 7) is 1.71. The number of hydrazine groups is 1. The molecule has 2 aromatic rings. The SMILES string of the molecule is Cc1nn(-c2ccc(F)cc2)c(NN)c1C#N. The number of nitriles is 1. The Balaban J connectivity index is 2.60. The van der Waals surface area contributed by atoms with Crippen LogP contribution in [0.5, 0.6) is 0 Å². The van der Waals surface area contributed by atoms with Crippen LogP contribution in [-0.4, -0.2) is 9.78 Å². The number of rotatable bonds is 2. The van der Waals surface area contributed by atoms with Crippen molar-refractivity contribution in [3.8, 4) is 11.8 Å². The fourth-order valence-corrected chi connectivity index (χ4v) is 1.56. The second-order valence-corrected chi connectivity index (χ2v) is 3.45. The zero-order chi connectivity index (χ0) is 12.4. The Morgan fingerprint density at radius 2 is 2.06 bits per heavy atom. The monoisotopic (exact) mass is 231 g/mol. The molecule has 17 heavy (non-hydrogen) atoms. The first-order valence-corrected chi connectivity index (χ1v) is 4.89. The minimum absolute atomic E-state index is 0.333. The molecule has 0 saturated carbocycles. The molecule has 0 amide bonds. The number of aromatic nitrogens is 2. The Kier molecular flexibility index (Phi) is 2.77. The summed E-state index contributed by atoms with van der Waals surface area (Å²) in [5.74, 6) is 5.42. The topological polar surface area (TPSA) is 79.7 Å². The summed E-state index contributed by atoms with van der Waals surface area (Å²) in [5, 5.41) is 13.2. The number of hydrogen-bond donors (Lipinski definition) is 2. The molecule has 0 unspecified atom stereocenters. The molecule has 2 rings (SSSR count). The summed E-state index contributed by atoms with van der Waals surface area (Å²) in [6.07, 6.45) is 0. The van der Waals surface area contributed by atoms with Crippen molar-refractivity contribution in [2.75, 3.05) is 5.43 Å². The van der Waals surface area contributed by atoms with E-state index in [1.54, 1.807) is 19.1 Å². The molecule has 3 N–H and O–H groups in total.